The van der Waals surface area contributed by atoms with Crippen LogP contribution in [-0.2, 0) is 4.79 Å². The second kappa shape index (κ2) is 11.9. The highest BCUT2D eigenvalue weighted by Gasteiger charge is 2.16. The van der Waals surface area contributed by atoms with Gasteiger partial charge in [-0.3, -0.25) is 4.79 Å². The van der Waals surface area contributed by atoms with E-state index in [4.69, 9.17) is 14.5 Å². The van der Waals surface area contributed by atoms with E-state index in [2.05, 4.69) is 11.4 Å². The number of carbonyl (C=O) groups is 1. The number of carbonyl (C=O) groups excluding carboxylic acids is 1. The molecule has 0 unspecified atom stereocenters. The smallest absolute Gasteiger partial charge is 0.225 e. The molecule has 1 aromatic heterocycles. The Labute approximate surface area is 214 Å². The first kappa shape index (κ1) is 24.8. The molecule has 0 saturated heterocycles. The number of benzene rings is 3. The van der Waals surface area contributed by atoms with Gasteiger partial charge in [0.15, 0.2) is 0 Å². The molecule has 1 heterocycles. The van der Waals surface area contributed by atoms with Gasteiger partial charge in [-0.1, -0.05) is 42.5 Å². The molecule has 0 bridgehead atoms. The van der Waals surface area contributed by atoms with Gasteiger partial charge in [-0.25, -0.2) is 4.98 Å². The molecule has 3 aromatic carbocycles. The Balaban J connectivity index is 1.57. The lowest BCUT2D eigenvalue weighted by atomic mass is 9.99. The Kier molecular flexibility index (Phi) is 8.22. The number of hydrogen-bond acceptors (Lipinski definition) is 6. The van der Waals surface area contributed by atoms with Crippen LogP contribution < -0.4 is 14.8 Å². The highest BCUT2D eigenvalue weighted by molar-refractivity contribution is 7.99. The molecule has 0 aliphatic heterocycles. The molecule has 4 rings (SSSR count). The van der Waals surface area contributed by atoms with Crippen molar-refractivity contribution in [2.45, 2.75) is 11.4 Å². The molecule has 1 N–H and O–H groups in total. The largest absolute Gasteiger partial charge is 0.497 e. The van der Waals surface area contributed by atoms with E-state index in [1.807, 2.05) is 60.7 Å². The Morgan fingerprint density at radius 1 is 0.917 bits per heavy atom. The van der Waals surface area contributed by atoms with Gasteiger partial charge < -0.3 is 14.8 Å². The average Bonchev–Trinajstić information content (AvgIpc) is 2.93. The number of hydrogen-bond donors (Lipinski definition) is 1. The monoisotopic (exact) mass is 495 g/mol. The van der Waals surface area contributed by atoms with Crippen LogP contribution in [0.5, 0.6) is 11.5 Å². The molecule has 0 aliphatic carbocycles. The summed E-state index contributed by atoms with van der Waals surface area (Å²) in [7, 11) is 3.22. The molecular formula is C29H25N3O3S. The molecule has 1 amide bonds. The van der Waals surface area contributed by atoms with Crippen LogP contribution in [0.25, 0.3) is 22.4 Å². The maximum Gasteiger partial charge on any atom is 0.225 e. The van der Waals surface area contributed by atoms with E-state index in [-0.39, 0.29) is 12.3 Å². The number of nitrogens with zero attached hydrogens (tertiary/aromatic N) is 2. The third-order valence-electron chi connectivity index (χ3n) is 5.51. The van der Waals surface area contributed by atoms with Crippen molar-refractivity contribution in [3.63, 3.8) is 0 Å². The van der Waals surface area contributed by atoms with E-state index in [1.165, 1.54) is 11.8 Å². The number of aromatic nitrogens is 1. The van der Waals surface area contributed by atoms with Gasteiger partial charge in [0.1, 0.15) is 22.6 Å². The summed E-state index contributed by atoms with van der Waals surface area (Å²) >= 11 is 1.40. The quantitative estimate of drug-likeness (QED) is 0.270. The fourth-order valence-electron chi connectivity index (χ4n) is 3.63. The summed E-state index contributed by atoms with van der Waals surface area (Å²) in [6.07, 6.45) is 0.274. The predicted molar refractivity (Wildman–Crippen MR) is 143 cm³/mol. The van der Waals surface area contributed by atoms with Gasteiger partial charge in [-0.05, 0) is 48.0 Å². The van der Waals surface area contributed by atoms with Crippen LogP contribution in [0.2, 0.25) is 0 Å². The summed E-state index contributed by atoms with van der Waals surface area (Å²) in [5.41, 5.74) is 4.60. The molecule has 6 nitrogen and oxygen atoms in total. The van der Waals surface area contributed by atoms with Gasteiger partial charge in [0.2, 0.25) is 5.91 Å². The van der Waals surface area contributed by atoms with E-state index in [0.717, 1.165) is 33.9 Å². The Morgan fingerprint density at radius 2 is 1.56 bits per heavy atom. The fourth-order valence-corrected chi connectivity index (χ4v) is 4.57. The number of thioether (sulfide) groups is 1. The zero-order chi connectivity index (χ0) is 25.3. The molecule has 0 radical (unpaired) electrons. The number of nitrogens with one attached hydrogen (secondary N) is 1. The first-order valence-corrected chi connectivity index (χ1v) is 12.3. The molecule has 4 aromatic rings. The highest BCUT2D eigenvalue weighted by Crippen LogP contribution is 2.35. The molecule has 180 valence electrons. The molecule has 7 heteroatoms. The molecule has 0 fully saturated rings. The van der Waals surface area contributed by atoms with Gasteiger partial charge in [-0.15, -0.1) is 11.8 Å². The number of amides is 1. The number of anilines is 1. The van der Waals surface area contributed by atoms with Crippen molar-refractivity contribution in [3.05, 3.63) is 90.5 Å². The Hall–Kier alpha value is -4.28. The van der Waals surface area contributed by atoms with Gasteiger partial charge in [0.05, 0.1) is 25.5 Å². The first-order chi connectivity index (χ1) is 17.6. The minimum absolute atomic E-state index is 0.110. The van der Waals surface area contributed by atoms with Crippen molar-refractivity contribution in [1.29, 1.82) is 5.26 Å². The van der Waals surface area contributed by atoms with Crippen molar-refractivity contribution in [2.24, 2.45) is 0 Å². The number of ether oxygens (including phenoxy) is 2. The van der Waals surface area contributed by atoms with Crippen LogP contribution in [0.3, 0.4) is 0 Å². The molecule has 0 atom stereocenters. The zero-order valence-electron chi connectivity index (χ0n) is 20.0. The Morgan fingerprint density at radius 3 is 2.17 bits per heavy atom. The van der Waals surface area contributed by atoms with E-state index in [0.29, 0.717) is 22.0 Å². The van der Waals surface area contributed by atoms with E-state index < -0.39 is 0 Å². The maximum atomic E-state index is 12.5. The van der Waals surface area contributed by atoms with E-state index in [1.54, 1.807) is 38.5 Å². The summed E-state index contributed by atoms with van der Waals surface area (Å²) in [5.74, 6) is 1.83. The molecule has 0 spiro atoms. The normalized spacial score (nSPS) is 10.4. The summed E-state index contributed by atoms with van der Waals surface area (Å²) in [4.78, 5) is 17.3. The van der Waals surface area contributed by atoms with Crippen molar-refractivity contribution in [1.82, 2.24) is 4.98 Å². The summed E-state index contributed by atoms with van der Waals surface area (Å²) in [6.45, 7) is 0. The minimum Gasteiger partial charge on any atom is -0.497 e. The van der Waals surface area contributed by atoms with Crippen molar-refractivity contribution in [2.75, 3.05) is 25.3 Å². The lowest BCUT2D eigenvalue weighted by Gasteiger charge is -2.13. The number of methoxy groups -OCH3 is 2. The predicted octanol–water partition coefficient (Wildman–Crippen LogP) is 6.43. The SMILES string of the molecule is COc1ccc(NC(=O)CCSc2nc(-c3ccccc3)cc(-c3ccc(OC)cc3)c2C#N)cc1. The molecule has 0 aliphatic rings. The summed E-state index contributed by atoms with van der Waals surface area (Å²) < 4.78 is 10.4. The van der Waals surface area contributed by atoms with E-state index in [9.17, 15) is 10.1 Å². The summed E-state index contributed by atoms with van der Waals surface area (Å²) in [5, 5.41) is 13.5. The third-order valence-corrected chi connectivity index (χ3v) is 6.49. The maximum absolute atomic E-state index is 12.5. The van der Waals surface area contributed by atoms with Crippen molar-refractivity contribution >= 4 is 23.4 Å². The zero-order valence-corrected chi connectivity index (χ0v) is 20.8. The summed E-state index contributed by atoms with van der Waals surface area (Å²) in [6, 6.07) is 28.9. The van der Waals surface area contributed by atoms with Crippen LogP contribution >= 0.6 is 11.8 Å². The molecular weight excluding hydrogens is 470 g/mol. The Bertz CT molecular complexity index is 1370. The number of rotatable bonds is 9. The fraction of sp³-hybridized carbons (Fsp3) is 0.138. The lowest BCUT2D eigenvalue weighted by molar-refractivity contribution is -0.115. The van der Waals surface area contributed by atoms with Crippen LogP contribution in [0.15, 0.2) is 90.0 Å². The van der Waals surface area contributed by atoms with Crippen LogP contribution in [-0.4, -0.2) is 30.9 Å². The topological polar surface area (TPSA) is 84.2 Å². The van der Waals surface area contributed by atoms with Gasteiger partial charge >= 0.3 is 0 Å². The lowest BCUT2D eigenvalue weighted by Crippen LogP contribution is -2.12. The first-order valence-electron chi connectivity index (χ1n) is 11.3. The van der Waals surface area contributed by atoms with Gasteiger partial charge in [0.25, 0.3) is 0 Å². The number of pyridine rings is 1. The van der Waals surface area contributed by atoms with Crippen LogP contribution in [0.1, 0.15) is 12.0 Å². The van der Waals surface area contributed by atoms with Gasteiger partial charge in [-0.2, -0.15) is 5.26 Å². The van der Waals surface area contributed by atoms with Crippen molar-refractivity contribution in [3.8, 4) is 40.0 Å². The second-order valence-corrected chi connectivity index (χ2v) is 8.90. The standard InChI is InChI=1S/C29H25N3O3S/c1-34-23-12-8-20(9-13-23)25-18-27(21-6-4-3-5-7-21)32-29(26(25)19-30)36-17-16-28(33)31-22-10-14-24(35-2)15-11-22/h3-15,18H,16-17H2,1-2H3,(H,31,33). The third kappa shape index (κ3) is 6.04. The molecule has 36 heavy (non-hydrogen) atoms. The van der Waals surface area contributed by atoms with Gasteiger partial charge in [0, 0.05) is 29.0 Å². The second-order valence-electron chi connectivity index (χ2n) is 7.82. The number of nitriles is 1. The molecule has 0 saturated carbocycles. The average molecular weight is 496 g/mol. The minimum atomic E-state index is -0.110. The van der Waals surface area contributed by atoms with Crippen LogP contribution in [0, 0.1) is 11.3 Å². The highest BCUT2D eigenvalue weighted by atomic mass is 32.2. The van der Waals surface area contributed by atoms with Crippen molar-refractivity contribution < 1.29 is 14.3 Å². The van der Waals surface area contributed by atoms with E-state index >= 15 is 0 Å². The van der Waals surface area contributed by atoms with Crippen LogP contribution in [0.4, 0.5) is 5.69 Å².